The fourth-order valence-electron chi connectivity index (χ4n) is 4.64. The number of hydrogen-bond donors (Lipinski definition) is 1. The van der Waals surface area contributed by atoms with Gasteiger partial charge in [-0.1, -0.05) is 36.2 Å². The number of nitrogens with two attached hydrogens (primary N) is 1. The number of carbonyl (C=O) groups excluding carboxylic acids is 1. The lowest BCUT2D eigenvalue weighted by Crippen LogP contribution is -2.43. The number of hydrogen-bond acceptors (Lipinski definition) is 4. The van der Waals surface area contributed by atoms with Gasteiger partial charge in [-0.05, 0) is 44.1 Å². The first-order valence-corrected chi connectivity index (χ1v) is 9.95. The van der Waals surface area contributed by atoms with Crippen LogP contribution in [0.2, 0.25) is 0 Å². The summed E-state index contributed by atoms with van der Waals surface area (Å²) in [4.78, 5) is 21.0. The molecule has 5 heteroatoms. The maximum absolute atomic E-state index is 13.4. The minimum Gasteiger partial charge on any atom is -0.332 e. The van der Waals surface area contributed by atoms with E-state index in [-0.39, 0.29) is 11.9 Å². The third-order valence-corrected chi connectivity index (χ3v) is 6.78. The largest absolute Gasteiger partial charge is 0.332 e. The lowest BCUT2D eigenvalue weighted by molar-refractivity contribution is 0.0714. The van der Waals surface area contributed by atoms with Crippen molar-refractivity contribution in [1.29, 1.82) is 0 Å². The minimum atomic E-state index is 0.0608. The van der Waals surface area contributed by atoms with Crippen LogP contribution in [0.25, 0.3) is 10.4 Å². The smallest absolute Gasteiger partial charge is 0.274 e. The molecule has 2 aromatic rings. The van der Waals surface area contributed by atoms with Gasteiger partial charge < -0.3 is 10.6 Å². The molecule has 0 spiro atoms. The Morgan fingerprint density at radius 1 is 1.36 bits per heavy atom. The Morgan fingerprint density at radius 3 is 2.96 bits per heavy atom. The molecule has 1 amide bonds. The van der Waals surface area contributed by atoms with E-state index < -0.39 is 0 Å². The summed E-state index contributed by atoms with van der Waals surface area (Å²) in [6.45, 7) is 5.44. The van der Waals surface area contributed by atoms with Crippen molar-refractivity contribution < 1.29 is 4.79 Å². The molecule has 0 unspecified atom stereocenters. The standard InChI is InChI=1S/C20H25N3OS/c1-12-5-3-6-14(9-12)19-18(22-13(2)25-19)20(24)23-11-15-7-4-8-16(15)17(23)10-21/h3,5-6,9,15-17H,4,7-8,10-11,21H2,1-2H3/t15-,16-,17+/m0/s1. The number of rotatable bonds is 3. The molecule has 4 nitrogen and oxygen atoms in total. The SMILES string of the molecule is Cc1cccc(-c2sc(C)nc2C(=O)N2C[C@@H]3CCC[C@@H]3[C@H]2CN)c1. The molecule has 2 heterocycles. The average molecular weight is 356 g/mol. The zero-order valence-corrected chi connectivity index (χ0v) is 15.7. The normalized spacial score (nSPS) is 25.4. The van der Waals surface area contributed by atoms with E-state index in [1.807, 2.05) is 17.9 Å². The number of aromatic nitrogens is 1. The van der Waals surface area contributed by atoms with Crippen molar-refractivity contribution in [2.75, 3.05) is 13.1 Å². The summed E-state index contributed by atoms with van der Waals surface area (Å²) in [5.74, 6) is 1.27. The molecular weight excluding hydrogens is 330 g/mol. The highest BCUT2D eigenvalue weighted by Gasteiger charge is 2.46. The molecule has 2 aliphatic rings. The summed E-state index contributed by atoms with van der Waals surface area (Å²) >= 11 is 1.60. The van der Waals surface area contributed by atoms with Gasteiger partial charge in [-0.2, -0.15) is 0 Å². The maximum Gasteiger partial charge on any atom is 0.274 e. The number of nitrogens with zero attached hydrogens (tertiary/aromatic N) is 2. The fraction of sp³-hybridized carbons (Fsp3) is 0.500. The zero-order chi connectivity index (χ0) is 17.6. The third kappa shape index (κ3) is 2.89. The monoisotopic (exact) mass is 355 g/mol. The molecule has 0 bridgehead atoms. The molecule has 1 aromatic heterocycles. The minimum absolute atomic E-state index is 0.0608. The van der Waals surface area contributed by atoms with Crippen LogP contribution in [-0.4, -0.2) is 34.9 Å². The molecule has 4 rings (SSSR count). The number of carbonyl (C=O) groups is 1. The third-order valence-electron chi connectivity index (χ3n) is 5.76. The topological polar surface area (TPSA) is 59.2 Å². The van der Waals surface area contributed by atoms with Crippen molar-refractivity contribution >= 4 is 17.2 Å². The summed E-state index contributed by atoms with van der Waals surface area (Å²) < 4.78 is 0. The van der Waals surface area contributed by atoms with Crippen LogP contribution < -0.4 is 5.73 Å². The highest BCUT2D eigenvalue weighted by atomic mass is 32.1. The van der Waals surface area contributed by atoms with Crippen LogP contribution >= 0.6 is 11.3 Å². The molecule has 0 radical (unpaired) electrons. The van der Waals surface area contributed by atoms with Gasteiger partial charge in [-0.25, -0.2) is 4.98 Å². The van der Waals surface area contributed by atoms with E-state index in [1.165, 1.54) is 24.8 Å². The molecule has 1 saturated carbocycles. The Kier molecular flexibility index (Phi) is 4.38. The molecule has 25 heavy (non-hydrogen) atoms. The van der Waals surface area contributed by atoms with Crippen LogP contribution in [0.15, 0.2) is 24.3 Å². The fourth-order valence-corrected chi connectivity index (χ4v) is 5.55. The van der Waals surface area contributed by atoms with E-state index >= 15 is 0 Å². The highest BCUT2D eigenvalue weighted by molar-refractivity contribution is 7.15. The second-order valence-corrected chi connectivity index (χ2v) is 8.60. The number of likely N-dealkylation sites (tertiary alicyclic amines) is 1. The Hall–Kier alpha value is -1.72. The molecule has 1 aliphatic carbocycles. The number of thiazole rings is 1. The summed E-state index contributed by atoms with van der Waals surface area (Å²) in [6, 6.07) is 8.48. The van der Waals surface area contributed by atoms with Gasteiger partial charge in [-0.15, -0.1) is 11.3 Å². The van der Waals surface area contributed by atoms with Crippen LogP contribution in [0.3, 0.4) is 0 Å². The average Bonchev–Trinajstić information content (AvgIpc) is 3.27. The first-order valence-electron chi connectivity index (χ1n) is 9.14. The van der Waals surface area contributed by atoms with Crippen molar-refractivity contribution in [1.82, 2.24) is 9.88 Å². The van der Waals surface area contributed by atoms with Crippen molar-refractivity contribution in [3.05, 3.63) is 40.5 Å². The molecule has 132 valence electrons. The second-order valence-electron chi connectivity index (χ2n) is 7.40. The molecule has 1 aliphatic heterocycles. The van der Waals surface area contributed by atoms with Crippen molar-refractivity contribution in [3.63, 3.8) is 0 Å². The van der Waals surface area contributed by atoms with Crippen LogP contribution in [0.1, 0.15) is 40.3 Å². The summed E-state index contributed by atoms with van der Waals surface area (Å²) in [5.41, 5.74) is 8.94. The predicted octanol–water partition coefficient (Wildman–Crippen LogP) is 3.63. The Bertz CT molecular complexity index is 800. The lowest BCUT2D eigenvalue weighted by Gasteiger charge is -2.26. The number of aryl methyl sites for hydroxylation is 2. The maximum atomic E-state index is 13.4. The zero-order valence-electron chi connectivity index (χ0n) is 14.9. The Labute approximate surface area is 153 Å². The van der Waals surface area contributed by atoms with Gasteiger partial charge in [0.05, 0.1) is 9.88 Å². The van der Waals surface area contributed by atoms with Gasteiger partial charge in [0.15, 0.2) is 0 Å². The second kappa shape index (κ2) is 6.54. The molecule has 1 saturated heterocycles. The van der Waals surface area contributed by atoms with E-state index in [0.29, 0.717) is 24.1 Å². The van der Waals surface area contributed by atoms with Gasteiger partial charge in [0.1, 0.15) is 5.69 Å². The lowest BCUT2D eigenvalue weighted by atomic mass is 9.94. The highest BCUT2D eigenvalue weighted by Crippen LogP contribution is 2.43. The summed E-state index contributed by atoms with van der Waals surface area (Å²) in [7, 11) is 0. The van der Waals surface area contributed by atoms with Gasteiger partial charge in [0.2, 0.25) is 0 Å². The van der Waals surface area contributed by atoms with Gasteiger partial charge in [-0.3, -0.25) is 4.79 Å². The van der Waals surface area contributed by atoms with Crippen LogP contribution in [0.4, 0.5) is 0 Å². The Morgan fingerprint density at radius 2 is 2.20 bits per heavy atom. The van der Waals surface area contributed by atoms with Gasteiger partial charge in [0, 0.05) is 19.1 Å². The van der Waals surface area contributed by atoms with E-state index in [1.54, 1.807) is 11.3 Å². The van der Waals surface area contributed by atoms with Crippen LogP contribution in [0.5, 0.6) is 0 Å². The summed E-state index contributed by atoms with van der Waals surface area (Å²) in [6.07, 6.45) is 3.71. The first kappa shape index (κ1) is 16.7. The quantitative estimate of drug-likeness (QED) is 0.915. The first-order chi connectivity index (χ1) is 12.1. The molecular formula is C20H25N3OS. The molecule has 1 aromatic carbocycles. The van der Waals surface area contributed by atoms with Crippen molar-refractivity contribution in [2.24, 2.45) is 17.6 Å². The van der Waals surface area contributed by atoms with E-state index in [0.717, 1.165) is 22.0 Å². The van der Waals surface area contributed by atoms with E-state index in [9.17, 15) is 4.79 Å². The van der Waals surface area contributed by atoms with Crippen LogP contribution in [-0.2, 0) is 0 Å². The predicted molar refractivity (Wildman–Crippen MR) is 102 cm³/mol. The molecule has 3 atom stereocenters. The molecule has 2 N–H and O–H groups in total. The Balaban J connectivity index is 1.69. The number of benzene rings is 1. The van der Waals surface area contributed by atoms with Crippen molar-refractivity contribution in [2.45, 2.75) is 39.2 Å². The summed E-state index contributed by atoms with van der Waals surface area (Å²) in [5, 5.41) is 0.934. The van der Waals surface area contributed by atoms with Gasteiger partial charge in [0.25, 0.3) is 5.91 Å². The number of amides is 1. The molecule has 2 fully saturated rings. The number of fused-ring (bicyclic) bond motifs is 1. The van der Waals surface area contributed by atoms with Crippen LogP contribution in [0, 0.1) is 25.7 Å². The van der Waals surface area contributed by atoms with Crippen molar-refractivity contribution in [3.8, 4) is 10.4 Å². The van der Waals surface area contributed by atoms with Gasteiger partial charge >= 0.3 is 0 Å². The van der Waals surface area contributed by atoms with E-state index in [4.69, 9.17) is 5.73 Å². The van der Waals surface area contributed by atoms with E-state index in [2.05, 4.69) is 30.1 Å².